The highest BCUT2D eigenvalue weighted by atomic mass is 35.5. The Morgan fingerprint density at radius 1 is 1.09 bits per heavy atom. The van der Waals surface area contributed by atoms with Gasteiger partial charge < -0.3 is 5.32 Å². The lowest BCUT2D eigenvalue weighted by atomic mass is 9.98. The molecule has 0 fully saturated rings. The van der Waals surface area contributed by atoms with Crippen molar-refractivity contribution in [1.82, 2.24) is 9.71 Å². The number of hydrogen-bond donors (Lipinski definition) is 2. The van der Waals surface area contributed by atoms with Crippen molar-refractivity contribution >= 4 is 73.9 Å². The molecule has 3 heterocycles. The van der Waals surface area contributed by atoms with Crippen LogP contribution in [0.5, 0.6) is 0 Å². The number of hydrogen-bond acceptors (Lipinski definition) is 7. The fourth-order valence-electron chi connectivity index (χ4n) is 2.99. The first-order valence-electron chi connectivity index (χ1n) is 8.85. The van der Waals surface area contributed by atoms with E-state index in [2.05, 4.69) is 10.3 Å². The van der Waals surface area contributed by atoms with Gasteiger partial charge in [-0.1, -0.05) is 23.2 Å². The molecule has 1 aliphatic rings. The van der Waals surface area contributed by atoms with Gasteiger partial charge in [-0.3, -0.25) is 9.59 Å². The molecule has 2 N–H and O–H groups in total. The van der Waals surface area contributed by atoms with Gasteiger partial charge in [-0.05, 0) is 48.0 Å². The summed E-state index contributed by atoms with van der Waals surface area (Å²) in [5.41, 5.74) is 1.03. The standard InChI is InChI=1S/C19H12Cl2N4O5S2/c20-11-1-3-13-10(7-11)8-16(26)25(18(13)27)15-5-2-12(9-22-15)23-19(28)24-32(29,30)17-6-4-14(21)31-17/h1-7,9H,8H2,(H2,23,24,28). The number of anilines is 2. The molecule has 2 aromatic heterocycles. The lowest BCUT2D eigenvalue weighted by Gasteiger charge is -2.26. The maximum Gasteiger partial charge on any atom is 0.333 e. The molecule has 3 aromatic rings. The monoisotopic (exact) mass is 510 g/mol. The number of nitrogens with zero attached hydrogens (tertiary/aromatic N) is 2. The lowest BCUT2D eigenvalue weighted by molar-refractivity contribution is -0.117. The van der Waals surface area contributed by atoms with Gasteiger partial charge in [0.25, 0.3) is 15.9 Å². The molecule has 9 nitrogen and oxygen atoms in total. The first-order valence-corrected chi connectivity index (χ1v) is 11.9. The van der Waals surface area contributed by atoms with Crippen molar-refractivity contribution in [1.29, 1.82) is 0 Å². The molecule has 1 aliphatic heterocycles. The Morgan fingerprint density at radius 2 is 1.88 bits per heavy atom. The van der Waals surface area contributed by atoms with E-state index in [1.165, 1.54) is 30.5 Å². The van der Waals surface area contributed by atoms with E-state index in [9.17, 15) is 22.8 Å². The Balaban J connectivity index is 1.47. The number of carbonyl (C=O) groups is 3. The number of fused-ring (bicyclic) bond motifs is 1. The number of halogens is 2. The minimum Gasteiger partial charge on any atom is -0.306 e. The number of thiophene rings is 1. The van der Waals surface area contributed by atoms with Gasteiger partial charge in [0.2, 0.25) is 5.91 Å². The van der Waals surface area contributed by atoms with E-state index in [0.717, 1.165) is 16.2 Å². The lowest BCUT2D eigenvalue weighted by Crippen LogP contribution is -2.43. The second-order valence-corrected chi connectivity index (χ2v) is 10.6. The predicted molar refractivity (Wildman–Crippen MR) is 120 cm³/mol. The van der Waals surface area contributed by atoms with Gasteiger partial charge in [0.15, 0.2) is 0 Å². The normalized spacial score (nSPS) is 13.6. The van der Waals surface area contributed by atoms with Crippen LogP contribution in [-0.2, 0) is 21.2 Å². The van der Waals surface area contributed by atoms with Crippen molar-refractivity contribution in [2.45, 2.75) is 10.6 Å². The number of aromatic nitrogens is 1. The van der Waals surface area contributed by atoms with Crippen LogP contribution in [0.1, 0.15) is 15.9 Å². The molecule has 0 unspecified atom stereocenters. The van der Waals surface area contributed by atoms with Crippen LogP contribution in [0.2, 0.25) is 9.36 Å². The number of nitrogens with one attached hydrogen (secondary N) is 2. The van der Waals surface area contributed by atoms with Crippen molar-refractivity contribution in [3.63, 3.8) is 0 Å². The fourth-order valence-corrected chi connectivity index (χ4v) is 5.57. The molecule has 0 spiro atoms. The molecule has 4 rings (SSSR count). The van der Waals surface area contributed by atoms with Crippen molar-refractivity contribution < 1.29 is 22.8 Å². The minimum absolute atomic E-state index is 0.0175. The smallest absolute Gasteiger partial charge is 0.306 e. The summed E-state index contributed by atoms with van der Waals surface area (Å²) in [6.07, 6.45) is 1.18. The van der Waals surface area contributed by atoms with Gasteiger partial charge in [-0.15, -0.1) is 11.3 Å². The van der Waals surface area contributed by atoms with E-state index < -0.39 is 27.9 Å². The zero-order chi connectivity index (χ0) is 23.0. The maximum absolute atomic E-state index is 12.8. The van der Waals surface area contributed by atoms with Crippen LogP contribution < -0.4 is 14.9 Å². The Morgan fingerprint density at radius 3 is 2.53 bits per heavy atom. The molecule has 0 aliphatic carbocycles. The van der Waals surface area contributed by atoms with E-state index in [1.54, 1.807) is 18.2 Å². The van der Waals surface area contributed by atoms with E-state index in [4.69, 9.17) is 23.2 Å². The topological polar surface area (TPSA) is 126 Å². The first-order chi connectivity index (χ1) is 15.1. The van der Waals surface area contributed by atoms with Crippen molar-refractivity contribution in [3.05, 3.63) is 69.1 Å². The summed E-state index contributed by atoms with van der Waals surface area (Å²) < 4.78 is 26.4. The zero-order valence-electron chi connectivity index (χ0n) is 15.8. The van der Waals surface area contributed by atoms with Crippen LogP contribution in [0.15, 0.2) is 52.9 Å². The predicted octanol–water partition coefficient (Wildman–Crippen LogP) is 3.69. The third-order valence-electron chi connectivity index (χ3n) is 4.37. The van der Waals surface area contributed by atoms with Gasteiger partial charge in [0, 0.05) is 10.6 Å². The fraction of sp³-hybridized carbons (Fsp3) is 0.0526. The van der Waals surface area contributed by atoms with Crippen LogP contribution in [-0.4, -0.2) is 31.2 Å². The van der Waals surface area contributed by atoms with E-state index in [1.807, 2.05) is 4.72 Å². The Labute approximate surface area is 196 Å². The van der Waals surface area contributed by atoms with Crippen molar-refractivity contribution in [2.24, 2.45) is 0 Å². The molecule has 13 heteroatoms. The molecular weight excluding hydrogens is 499 g/mol. The SMILES string of the molecule is O=C(Nc1ccc(N2C(=O)Cc3cc(Cl)ccc3C2=O)nc1)NS(=O)(=O)c1ccc(Cl)s1. The largest absolute Gasteiger partial charge is 0.333 e. The van der Waals surface area contributed by atoms with Crippen LogP contribution in [0.4, 0.5) is 16.3 Å². The number of amides is 4. The zero-order valence-corrected chi connectivity index (χ0v) is 19.0. The van der Waals surface area contributed by atoms with Gasteiger partial charge in [-0.25, -0.2) is 27.8 Å². The third kappa shape index (κ3) is 4.46. The number of rotatable bonds is 4. The number of benzene rings is 1. The minimum atomic E-state index is -4.09. The highest BCUT2D eigenvalue weighted by molar-refractivity contribution is 7.92. The van der Waals surface area contributed by atoms with E-state index in [-0.39, 0.29) is 26.5 Å². The van der Waals surface area contributed by atoms with E-state index >= 15 is 0 Å². The summed E-state index contributed by atoms with van der Waals surface area (Å²) in [5.74, 6) is -0.955. The second-order valence-electron chi connectivity index (χ2n) is 6.54. The summed E-state index contributed by atoms with van der Waals surface area (Å²) in [6, 6.07) is 9.08. The summed E-state index contributed by atoms with van der Waals surface area (Å²) in [5, 5.41) is 2.75. The molecule has 0 radical (unpaired) electrons. The summed E-state index contributed by atoms with van der Waals surface area (Å²) in [6.45, 7) is 0. The molecule has 164 valence electrons. The number of imide groups is 1. The Hall–Kier alpha value is -2.99. The Bertz CT molecular complexity index is 1360. The quantitative estimate of drug-likeness (QED) is 0.515. The molecule has 0 bridgehead atoms. The summed E-state index contributed by atoms with van der Waals surface area (Å²) in [7, 11) is -4.09. The average molecular weight is 511 g/mol. The summed E-state index contributed by atoms with van der Waals surface area (Å²) >= 11 is 12.5. The number of carbonyl (C=O) groups excluding carboxylic acids is 3. The molecular formula is C19H12Cl2N4O5S2. The van der Waals surface area contributed by atoms with Crippen LogP contribution >= 0.6 is 34.5 Å². The van der Waals surface area contributed by atoms with Crippen molar-refractivity contribution in [3.8, 4) is 0 Å². The number of urea groups is 1. The Kier molecular flexibility index (Phi) is 5.91. The second kappa shape index (κ2) is 8.51. The third-order valence-corrected chi connectivity index (χ3v) is 7.66. The van der Waals surface area contributed by atoms with Gasteiger partial charge in [-0.2, -0.15) is 0 Å². The van der Waals surface area contributed by atoms with Gasteiger partial charge in [0.1, 0.15) is 10.0 Å². The molecule has 4 amide bonds. The summed E-state index contributed by atoms with van der Waals surface area (Å²) in [4.78, 5) is 42.3. The van der Waals surface area contributed by atoms with E-state index in [0.29, 0.717) is 16.1 Å². The van der Waals surface area contributed by atoms with Crippen LogP contribution in [0, 0.1) is 0 Å². The van der Waals surface area contributed by atoms with Crippen LogP contribution in [0.25, 0.3) is 0 Å². The molecule has 0 saturated heterocycles. The highest BCUT2D eigenvalue weighted by Crippen LogP contribution is 2.27. The highest BCUT2D eigenvalue weighted by Gasteiger charge is 2.33. The molecule has 0 atom stereocenters. The molecule has 1 aromatic carbocycles. The number of sulfonamides is 1. The first kappa shape index (κ1) is 22.2. The molecule has 0 saturated carbocycles. The maximum atomic E-state index is 12.8. The van der Waals surface area contributed by atoms with Gasteiger partial charge in [0.05, 0.1) is 22.6 Å². The van der Waals surface area contributed by atoms with Crippen LogP contribution in [0.3, 0.4) is 0 Å². The number of pyridine rings is 1. The van der Waals surface area contributed by atoms with Crippen molar-refractivity contribution in [2.75, 3.05) is 10.2 Å². The molecule has 32 heavy (non-hydrogen) atoms. The average Bonchev–Trinajstić information content (AvgIpc) is 3.16. The van der Waals surface area contributed by atoms with Gasteiger partial charge >= 0.3 is 6.03 Å².